The molecule has 1 aliphatic rings. The molecule has 0 unspecified atom stereocenters. The molecule has 8 nitrogen and oxygen atoms in total. The second kappa shape index (κ2) is 9.23. The van der Waals surface area contributed by atoms with Crippen molar-refractivity contribution in [3.05, 3.63) is 47.1 Å². The van der Waals surface area contributed by atoms with Gasteiger partial charge in [-0.15, -0.1) is 0 Å². The van der Waals surface area contributed by atoms with Crippen LogP contribution in [0.2, 0.25) is 0 Å². The van der Waals surface area contributed by atoms with Crippen molar-refractivity contribution in [2.75, 3.05) is 39.8 Å². The maximum absolute atomic E-state index is 13.0. The van der Waals surface area contributed by atoms with Crippen LogP contribution in [0.25, 0.3) is 0 Å². The summed E-state index contributed by atoms with van der Waals surface area (Å²) in [5.41, 5.74) is 1.20. The van der Waals surface area contributed by atoms with Crippen molar-refractivity contribution < 1.29 is 22.1 Å². The monoisotopic (exact) mass is 438 g/mol. The summed E-state index contributed by atoms with van der Waals surface area (Å²) in [6.45, 7) is 5.55. The number of carbonyl (C=O) groups excluding carboxylic acids is 1. The molecule has 1 fully saturated rings. The van der Waals surface area contributed by atoms with Crippen LogP contribution in [0, 0.1) is 19.7 Å². The quantitative estimate of drug-likeness (QED) is 0.683. The number of halogens is 1. The summed E-state index contributed by atoms with van der Waals surface area (Å²) >= 11 is 0. The summed E-state index contributed by atoms with van der Waals surface area (Å²) in [6, 6.07) is 6.05. The Morgan fingerprint density at radius 3 is 2.50 bits per heavy atom. The van der Waals surface area contributed by atoms with Crippen molar-refractivity contribution in [3.63, 3.8) is 0 Å². The van der Waals surface area contributed by atoms with E-state index in [9.17, 15) is 17.6 Å². The Kier molecular flexibility index (Phi) is 6.89. The van der Waals surface area contributed by atoms with Crippen LogP contribution in [0.15, 0.2) is 33.7 Å². The molecular formula is C20H27FN4O4S. The van der Waals surface area contributed by atoms with Gasteiger partial charge in [0.25, 0.3) is 0 Å². The minimum absolute atomic E-state index is 0.0682. The molecule has 0 spiro atoms. The normalized spacial score (nSPS) is 16.4. The average molecular weight is 439 g/mol. The van der Waals surface area contributed by atoms with Gasteiger partial charge in [0.1, 0.15) is 16.4 Å². The fourth-order valence-corrected chi connectivity index (χ4v) is 5.34. The predicted molar refractivity (Wildman–Crippen MR) is 109 cm³/mol. The SMILES string of the molecule is Cc1noc(C)c1S(=O)(=O)N1CCCN(CC(=O)N(C)Cc2ccc(F)cc2)CC1. The van der Waals surface area contributed by atoms with E-state index >= 15 is 0 Å². The zero-order chi connectivity index (χ0) is 21.9. The molecule has 3 rings (SSSR count). The van der Waals surface area contributed by atoms with Crippen molar-refractivity contribution in [2.24, 2.45) is 0 Å². The largest absolute Gasteiger partial charge is 0.360 e. The Bertz CT molecular complexity index is 971. The highest BCUT2D eigenvalue weighted by molar-refractivity contribution is 7.89. The van der Waals surface area contributed by atoms with Crippen LogP contribution in [0.3, 0.4) is 0 Å². The molecule has 0 N–H and O–H groups in total. The summed E-state index contributed by atoms with van der Waals surface area (Å²) in [6.07, 6.45) is 0.623. The number of aryl methyl sites for hydroxylation is 2. The smallest absolute Gasteiger partial charge is 0.248 e. The van der Waals surface area contributed by atoms with Crippen LogP contribution in [0.5, 0.6) is 0 Å². The fraction of sp³-hybridized carbons (Fsp3) is 0.500. The number of carbonyl (C=O) groups is 1. The minimum atomic E-state index is -3.69. The van der Waals surface area contributed by atoms with Gasteiger partial charge in [-0.25, -0.2) is 12.8 Å². The van der Waals surface area contributed by atoms with Gasteiger partial charge in [-0.3, -0.25) is 9.69 Å². The van der Waals surface area contributed by atoms with Gasteiger partial charge in [0.05, 0.1) is 6.54 Å². The van der Waals surface area contributed by atoms with E-state index in [1.54, 1.807) is 37.9 Å². The number of hydrogen-bond donors (Lipinski definition) is 0. The topological polar surface area (TPSA) is 87.0 Å². The van der Waals surface area contributed by atoms with E-state index < -0.39 is 10.0 Å². The van der Waals surface area contributed by atoms with Gasteiger partial charge in [0, 0.05) is 33.2 Å². The molecule has 1 aliphatic heterocycles. The Hall–Kier alpha value is -2.30. The lowest BCUT2D eigenvalue weighted by atomic mass is 10.2. The molecular weight excluding hydrogens is 411 g/mol. The molecule has 1 saturated heterocycles. The number of likely N-dealkylation sites (N-methyl/N-ethyl adjacent to an activating group) is 1. The van der Waals surface area contributed by atoms with E-state index in [4.69, 9.17) is 4.52 Å². The number of benzene rings is 1. The van der Waals surface area contributed by atoms with Gasteiger partial charge >= 0.3 is 0 Å². The van der Waals surface area contributed by atoms with Gasteiger partial charge in [0.15, 0.2) is 5.76 Å². The zero-order valence-corrected chi connectivity index (χ0v) is 18.3. The first kappa shape index (κ1) is 22.4. The van der Waals surface area contributed by atoms with E-state index in [1.807, 2.05) is 4.90 Å². The van der Waals surface area contributed by atoms with Gasteiger partial charge in [-0.1, -0.05) is 17.3 Å². The Balaban J connectivity index is 1.58. The van der Waals surface area contributed by atoms with Gasteiger partial charge < -0.3 is 9.42 Å². The molecule has 2 aromatic rings. The lowest BCUT2D eigenvalue weighted by molar-refractivity contribution is -0.131. The van der Waals surface area contributed by atoms with E-state index in [2.05, 4.69) is 5.16 Å². The summed E-state index contributed by atoms with van der Waals surface area (Å²) in [5.74, 6) is -0.0963. The van der Waals surface area contributed by atoms with Crippen LogP contribution in [-0.2, 0) is 21.4 Å². The molecule has 0 radical (unpaired) electrons. The van der Waals surface area contributed by atoms with Gasteiger partial charge in [0.2, 0.25) is 15.9 Å². The molecule has 0 atom stereocenters. The van der Waals surface area contributed by atoms with Crippen LogP contribution in [0.1, 0.15) is 23.4 Å². The summed E-state index contributed by atoms with van der Waals surface area (Å²) in [4.78, 5) is 16.3. The molecule has 0 saturated carbocycles. The van der Waals surface area contributed by atoms with Crippen molar-refractivity contribution in [3.8, 4) is 0 Å². The number of amides is 1. The zero-order valence-electron chi connectivity index (χ0n) is 17.5. The fourth-order valence-electron chi connectivity index (χ4n) is 3.58. The standard InChI is InChI=1S/C20H27FN4O4S/c1-15-20(16(2)29-22-15)30(27,28)25-10-4-9-24(11-12-25)14-19(26)23(3)13-17-5-7-18(21)8-6-17/h5-8H,4,9-14H2,1-3H3. The molecule has 1 aromatic heterocycles. The molecule has 0 bridgehead atoms. The van der Waals surface area contributed by atoms with E-state index in [0.29, 0.717) is 44.8 Å². The third-order valence-electron chi connectivity index (χ3n) is 5.23. The lowest BCUT2D eigenvalue weighted by Crippen LogP contribution is -2.40. The highest BCUT2D eigenvalue weighted by Gasteiger charge is 2.32. The molecule has 30 heavy (non-hydrogen) atoms. The maximum atomic E-state index is 13.0. The van der Waals surface area contributed by atoms with Crippen LogP contribution >= 0.6 is 0 Å². The Labute approximate surface area is 176 Å². The molecule has 1 aromatic carbocycles. The van der Waals surface area contributed by atoms with E-state index in [1.165, 1.54) is 16.4 Å². The van der Waals surface area contributed by atoms with Crippen molar-refractivity contribution in [1.29, 1.82) is 0 Å². The number of aromatic nitrogens is 1. The van der Waals surface area contributed by atoms with Gasteiger partial charge in [-0.2, -0.15) is 4.31 Å². The Morgan fingerprint density at radius 1 is 1.17 bits per heavy atom. The third kappa shape index (κ3) is 5.05. The number of hydrogen-bond acceptors (Lipinski definition) is 6. The summed E-state index contributed by atoms with van der Waals surface area (Å²) in [5, 5.41) is 3.75. The molecule has 10 heteroatoms. The molecule has 1 amide bonds. The summed E-state index contributed by atoms with van der Waals surface area (Å²) in [7, 11) is -1.99. The summed E-state index contributed by atoms with van der Waals surface area (Å²) < 4.78 is 45.5. The third-order valence-corrected chi connectivity index (χ3v) is 7.37. The van der Waals surface area contributed by atoms with E-state index in [0.717, 1.165) is 5.56 Å². The van der Waals surface area contributed by atoms with Crippen molar-refractivity contribution >= 4 is 15.9 Å². The minimum Gasteiger partial charge on any atom is -0.360 e. The predicted octanol–water partition coefficient (Wildman–Crippen LogP) is 1.79. The number of rotatable bonds is 6. The highest BCUT2D eigenvalue weighted by Crippen LogP contribution is 2.24. The first-order valence-electron chi connectivity index (χ1n) is 9.82. The van der Waals surface area contributed by atoms with Crippen molar-refractivity contribution in [2.45, 2.75) is 31.7 Å². The van der Waals surface area contributed by atoms with Gasteiger partial charge in [-0.05, 0) is 44.5 Å². The molecule has 2 heterocycles. The second-order valence-electron chi connectivity index (χ2n) is 7.56. The van der Waals surface area contributed by atoms with Crippen LogP contribution < -0.4 is 0 Å². The lowest BCUT2D eigenvalue weighted by Gasteiger charge is -2.24. The number of nitrogens with zero attached hydrogens (tertiary/aromatic N) is 4. The highest BCUT2D eigenvalue weighted by atomic mass is 32.2. The van der Waals surface area contributed by atoms with Crippen LogP contribution in [-0.4, -0.2) is 73.4 Å². The average Bonchev–Trinajstić information content (AvgIpc) is 2.89. The Morgan fingerprint density at radius 2 is 1.87 bits per heavy atom. The van der Waals surface area contributed by atoms with E-state index in [-0.39, 0.29) is 28.9 Å². The molecule has 0 aliphatic carbocycles. The second-order valence-corrected chi connectivity index (χ2v) is 9.44. The molecule has 164 valence electrons. The first-order chi connectivity index (χ1) is 14.2. The number of sulfonamides is 1. The van der Waals surface area contributed by atoms with Crippen molar-refractivity contribution in [1.82, 2.24) is 19.3 Å². The maximum Gasteiger partial charge on any atom is 0.248 e. The van der Waals surface area contributed by atoms with Crippen LogP contribution in [0.4, 0.5) is 4.39 Å². The first-order valence-corrected chi connectivity index (χ1v) is 11.3.